The van der Waals surface area contributed by atoms with Gasteiger partial charge in [-0.15, -0.1) is 0 Å². The minimum Gasteiger partial charge on any atom is -0.450 e. The van der Waals surface area contributed by atoms with Gasteiger partial charge in [-0.25, -0.2) is 14.2 Å². The molecule has 0 saturated heterocycles. The Kier molecular flexibility index (Phi) is 5.59. The number of carbonyl (C=O) groups is 1. The molecule has 3 aromatic rings. The van der Waals surface area contributed by atoms with Crippen molar-refractivity contribution in [2.45, 2.75) is 0 Å². The summed E-state index contributed by atoms with van der Waals surface area (Å²) in [7, 11) is 0. The van der Waals surface area contributed by atoms with Gasteiger partial charge >= 0.3 is 11.7 Å². The third-order valence-electron chi connectivity index (χ3n) is 4.24. The zero-order valence-corrected chi connectivity index (χ0v) is 17.2. The standard InChI is InChI=1S/C22H12BrFN2O5/c23-15-4-2-14(3-5-15)21-25-18(22(27)31-21)11-13-1-10-20(19(12-13)26(28)29)30-17-8-6-16(24)7-9-17/h1-12H. The SMILES string of the molecule is O=C1OC(c2ccc(Br)cc2)=NC1=Cc1ccc(Oc2ccc(F)cc2)c([N+](=O)[O-])c1. The van der Waals surface area contributed by atoms with E-state index in [1.807, 2.05) is 0 Å². The Hall–Kier alpha value is -3.85. The number of hydrogen-bond donors (Lipinski definition) is 0. The van der Waals surface area contributed by atoms with Crippen molar-refractivity contribution in [3.63, 3.8) is 0 Å². The van der Waals surface area contributed by atoms with Crippen molar-refractivity contribution < 1.29 is 23.6 Å². The molecule has 0 amide bonds. The number of halogens is 2. The molecule has 154 valence electrons. The van der Waals surface area contributed by atoms with Gasteiger partial charge in [-0.05, 0) is 66.2 Å². The topological polar surface area (TPSA) is 91.0 Å². The lowest BCUT2D eigenvalue weighted by Gasteiger charge is -2.07. The second kappa shape index (κ2) is 8.49. The van der Waals surface area contributed by atoms with Gasteiger partial charge in [0.1, 0.15) is 11.6 Å². The number of ether oxygens (including phenoxy) is 2. The highest BCUT2D eigenvalue weighted by Crippen LogP contribution is 2.33. The van der Waals surface area contributed by atoms with Crippen LogP contribution in [0, 0.1) is 15.9 Å². The normalized spacial score (nSPS) is 14.3. The van der Waals surface area contributed by atoms with Crippen molar-refractivity contribution in [2.24, 2.45) is 4.99 Å². The third kappa shape index (κ3) is 4.67. The van der Waals surface area contributed by atoms with Crippen molar-refractivity contribution >= 4 is 39.6 Å². The molecule has 0 aliphatic carbocycles. The molecule has 0 radical (unpaired) electrons. The van der Waals surface area contributed by atoms with Crippen molar-refractivity contribution in [1.82, 2.24) is 0 Å². The maximum absolute atomic E-state index is 13.0. The lowest BCUT2D eigenvalue weighted by atomic mass is 10.1. The van der Waals surface area contributed by atoms with E-state index in [4.69, 9.17) is 9.47 Å². The van der Waals surface area contributed by atoms with Crippen LogP contribution in [0.4, 0.5) is 10.1 Å². The van der Waals surface area contributed by atoms with Crippen molar-refractivity contribution in [2.75, 3.05) is 0 Å². The molecule has 1 aliphatic heterocycles. The number of carbonyl (C=O) groups excluding carboxylic acids is 1. The van der Waals surface area contributed by atoms with E-state index in [0.717, 1.165) is 4.47 Å². The van der Waals surface area contributed by atoms with Crippen LogP contribution >= 0.6 is 15.9 Å². The maximum Gasteiger partial charge on any atom is 0.363 e. The van der Waals surface area contributed by atoms with Gasteiger partial charge in [0, 0.05) is 16.1 Å². The van der Waals surface area contributed by atoms with E-state index in [2.05, 4.69) is 20.9 Å². The lowest BCUT2D eigenvalue weighted by Crippen LogP contribution is -2.05. The van der Waals surface area contributed by atoms with Gasteiger partial charge in [-0.2, -0.15) is 0 Å². The number of esters is 1. The average Bonchev–Trinajstić information content (AvgIpc) is 3.11. The van der Waals surface area contributed by atoms with E-state index < -0.39 is 16.7 Å². The van der Waals surface area contributed by atoms with Crippen LogP contribution in [0.25, 0.3) is 6.08 Å². The first kappa shape index (κ1) is 20.4. The molecule has 0 aromatic heterocycles. The van der Waals surface area contributed by atoms with Crippen LogP contribution in [0.15, 0.2) is 81.9 Å². The summed E-state index contributed by atoms with van der Waals surface area (Å²) in [6.45, 7) is 0. The molecule has 4 rings (SSSR count). The Morgan fingerprint density at radius 3 is 2.45 bits per heavy atom. The highest BCUT2D eigenvalue weighted by atomic mass is 79.9. The summed E-state index contributed by atoms with van der Waals surface area (Å²) in [6, 6.07) is 16.4. The van der Waals surface area contributed by atoms with E-state index >= 15 is 0 Å². The van der Waals surface area contributed by atoms with Gasteiger partial charge in [0.15, 0.2) is 5.70 Å². The summed E-state index contributed by atoms with van der Waals surface area (Å²) in [5.74, 6) is -0.734. The van der Waals surface area contributed by atoms with E-state index in [0.29, 0.717) is 11.1 Å². The second-order valence-electron chi connectivity index (χ2n) is 6.38. The molecule has 9 heteroatoms. The number of rotatable bonds is 5. The molecule has 0 bridgehead atoms. The van der Waals surface area contributed by atoms with Gasteiger partial charge in [0.25, 0.3) is 0 Å². The predicted octanol–water partition coefficient (Wildman–Crippen LogP) is 5.63. The first-order valence-corrected chi connectivity index (χ1v) is 9.69. The Morgan fingerprint density at radius 2 is 1.77 bits per heavy atom. The van der Waals surface area contributed by atoms with Crippen molar-refractivity contribution in [1.29, 1.82) is 0 Å². The molecular weight excluding hydrogens is 471 g/mol. The fourth-order valence-electron chi connectivity index (χ4n) is 2.77. The van der Waals surface area contributed by atoms with Gasteiger partial charge in [-0.3, -0.25) is 10.1 Å². The molecule has 0 N–H and O–H groups in total. The van der Waals surface area contributed by atoms with E-state index in [-0.39, 0.29) is 28.8 Å². The van der Waals surface area contributed by atoms with Gasteiger partial charge in [0.2, 0.25) is 11.6 Å². The summed E-state index contributed by atoms with van der Waals surface area (Å²) in [4.78, 5) is 27.3. The fourth-order valence-corrected chi connectivity index (χ4v) is 3.03. The number of nitro benzene ring substituents is 1. The molecule has 3 aromatic carbocycles. The summed E-state index contributed by atoms with van der Waals surface area (Å²) >= 11 is 3.33. The van der Waals surface area contributed by atoms with Crippen LogP contribution in [0.1, 0.15) is 11.1 Å². The minimum absolute atomic E-state index is 0.0134. The summed E-state index contributed by atoms with van der Waals surface area (Å²) < 4.78 is 24.6. The molecule has 1 aliphatic rings. The maximum atomic E-state index is 13.0. The largest absolute Gasteiger partial charge is 0.450 e. The zero-order chi connectivity index (χ0) is 22.0. The highest BCUT2D eigenvalue weighted by Gasteiger charge is 2.25. The fraction of sp³-hybridized carbons (Fsp3) is 0. The predicted molar refractivity (Wildman–Crippen MR) is 114 cm³/mol. The van der Waals surface area contributed by atoms with Crippen LogP contribution < -0.4 is 4.74 Å². The van der Waals surface area contributed by atoms with Crippen LogP contribution in [0.3, 0.4) is 0 Å². The van der Waals surface area contributed by atoms with Gasteiger partial charge < -0.3 is 9.47 Å². The molecule has 1 heterocycles. The molecule has 0 atom stereocenters. The number of aliphatic imine (C=N–C) groups is 1. The molecule has 0 unspecified atom stereocenters. The highest BCUT2D eigenvalue weighted by molar-refractivity contribution is 9.10. The van der Waals surface area contributed by atoms with Gasteiger partial charge in [0.05, 0.1) is 4.92 Å². The number of nitrogens with zero attached hydrogens (tertiary/aromatic N) is 2. The van der Waals surface area contributed by atoms with Gasteiger partial charge in [-0.1, -0.05) is 22.0 Å². The first-order valence-electron chi connectivity index (χ1n) is 8.89. The van der Waals surface area contributed by atoms with Crippen LogP contribution in [-0.2, 0) is 9.53 Å². The second-order valence-corrected chi connectivity index (χ2v) is 7.30. The molecule has 31 heavy (non-hydrogen) atoms. The number of benzene rings is 3. The number of cyclic esters (lactones) is 1. The summed E-state index contributed by atoms with van der Waals surface area (Å²) in [6.07, 6.45) is 1.39. The molecule has 7 nitrogen and oxygen atoms in total. The zero-order valence-electron chi connectivity index (χ0n) is 15.6. The minimum atomic E-state index is -0.660. The van der Waals surface area contributed by atoms with Crippen molar-refractivity contribution in [3.05, 3.63) is 104 Å². The number of hydrogen-bond acceptors (Lipinski definition) is 6. The van der Waals surface area contributed by atoms with Crippen LogP contribution in [-0.4, -0.2) is 16.8 Å². The lowest BCUT2D eigenvalue weighted by molar-refractivity contribution is -0.385. The molecule has 0 saturated carbocycles. The first-order chi connectivity index (χ1) is 14.9. The van der Waals surface area contributed by atoms with E-state index in [9.17, 15) is 19.3 Å². The van der Waals surface area contributed by atoms with Crippen LogP contribution in [0.2, 0.25) is 0 Å². The Labute approximate surface area is 183 Å². The molecule has 0 spiro atoms. The Morgan fingerprint density at radius 1 is 1.06 bits per heavy atom. The molecule has 0 fully saturated rings. The van der Waals surface area contributed by atoms with E-state index in [1.54, 1.807) is 30.3 Å². The van der Waals surface area contributed by atoms with E-state index in [1.165, 1.54) is 42.5 Å². The van der Waals surface area contributed by atoms with Crippen molar-refractivity contribution in [3.8, 4) is 11.5 Å². The van der Waals surface area contributed by atoms with Crippen LogP contribution in [0.5, 0.6) is 11.5 Å². The Balaban J connectivity index is 1.63. The monoisotopic (exact) mass is 482 g/mol. The molecular formula is C22H12BrFN2O5. The number of nitro groups is 1. The average molecular weight is 483 g/mol. The third-order valence-corrected chi connectivity index (χ3v) is 4.76. The Bertz CT molecular complexity index is 1240. The smallest absolute Gasteiger partial charge is 0.363 e. The quantitative estimate of drug-likeness (QED) is 0.203. The summed E-state index contributed by atoms with van der Waals surface area (Å²) in [5.41, 5.74) is 0.682. The summed E-state index contributed by atoms with van der Waals surface area (Å²) in [5, 5.41) is 11.5.